The van der Waals surface area contributed by atoms with Gasteiger partial charge in [-0.2, -0.15) is 0 Å². The molecule has 14 heavy (non-hydrogen) atoms. The highest BCUT2D eigenvalue weighted by Crippen LogP contribution is 2.22. The molecule has 1 aromatic rings. The molecule has 0 saturated carbocycles. The van der Waals surface area contributed by atoms with E-state index in [-0.39, 0.29) is 0 Å². The van der Waals surface area contributed by atoms with Gasteiger partial charge in [-0.25, -0.2) is 0 Å². The van der Waals surface area contributed by atoms with Crippen LogP contribution in [-0.2, 0) is 6.54 Å². The number of aryl methyl sites for hydroxylation is 1. The maximum atomic E-state index is 2.57. The molecule has 1 aliphatic rings. The van der Waals surface area contributed by atoms with Crippen LogP contribution in [-0.4, -0.2) is 19.3 Å². The molecular formula is C11H16INS. The Morgan fingerprint density at radius 2 is 2.50 bits per heavy atom. The maximum absolute atomic E-state index is 2.57. The molecule has 1 aromatic heterocycles. The first-order valence-electron chi connectivity index (χ1n) is 4.99. The Morgan fingerprint density at radius 1 is 1.64 bits per heavy atom. The lowest BCUT2D eigenvalue weighted by Crippen LogP contribution is -2.10. The van der Waals surface area contributed by atoms with E-state index in [4.69, 9.17) is 0 Å². The van der Waals surface area contributed by atoms with Gasteiger partial charge in [0.15, 0.2) is 0 Å². The summed E-state index contributed by atoms with van der Waals surface area (Å²) < 4.78 is 6.43. The summed E-state index contributed by atoms with van der Waals surface area (Å²) in [6.07, 6.45) is 9.33. The fourth-order valence-electron chi connectivity index (χ4n) is 1.57. The number of rotatable bonds is 5. The van der Waals surface area contributed by atoms with E-state index in [1.54, 1.807) is 4.43 Å². The number of nitrogens with zero attached hydrogens (tertiary/aromatic N) is 1. The van der Waals surface area contributed by atoms with Gasteiger partial charge in [0.25, 0.3) is 0 Å². The second-order valence-corrected chi connectivity index (χ2v) is 6.99. The molecule has 1 atom stereocenters. The van der Waals surface area contributed by atoms with E-state index >= 15 is 0 Å². The van der Waals surface area contributed by atoms with Crippen LogP contribution in [0.1, 0.15) is 12.8 Å². The SMILES string of the molecule is CSc1ccn(CCCC2C=IC2)c1. The molecule has 3 heteroatoms. The van der Waals surface area contributed by atoms with Gasteiger partial charge < -0.3 is 4.57 Å². The predicted octanol–water partition coefficient (Wildman–Crippen LogP) is 3.39. The molecular weight excluding hydrogens is 305 g/mol. The predicted molar refractivity (Wildman–Crippen MR) is 73.9 cm³/mol. The van der Waals surface area contributed by atoms with Gasteiger partial charge in [-0.1, -0.05) is 4.01 Å². The van der Waals surface area contributed by atoms with Crippen LogP contribution in [0.15, 0.2) is 23.4 Å². The van der Waals surface area contributed by atoms with Crippen molar-refractivity contribution < 1.29 is 0 Å². The summed E-state index contributed by atoms with van der Waals surface area (Å²) in [6.45, 7) is 1.20. The summed E-state index contributed by atoms with van der Waals surface area (Å²) in [6, 6.07) is 2.20. The minimum Gasteiger partial charge on any atom is -0.353 e. The Bertz CT molecular complexity index is 319. The zero-order valence-electron chi connectivity index (χ0n) is 8.45. The lowest BCUT2D eigenvalue weighted by molar-refractivity contribution is 0.573. The smallest absolute Gasteiger partial charge is 0.0246 e. The molecule has 0 aliphatic carbocycles. The molecule has 0 saturated heterocycles. The highest BCUT2D eigenvalue weighted by molar-refractivity contribution is 14.2. The quantitative estimate of drug-likeness (QED) is 0.457. The summed E-state index contributed by atoms with van der Waals surface area (Å²) in [5, 5.41) is 0. The van der Waals surface area contributed by atoms with Crippen LogP contribution in [0.3, 0.4) is 0 Å². The fraction of sp³-hybridized carbons (Fsp3) is 0.545. The van der Waals surface area contributed by atoms with E-state index in [9.17, 15) is 0 Å². The number of hydrogen-bond donors (Lipinski definition) is 0. The monoisotopic (exact) mass is 321 g/mol. The second-order valence-electron chi connectivity index (χ2n) is 3.63. The fourth-order valence-corrected chi connectivity index (χ4v) is 4.04. The highest BCUT2D eigenvalue weighted by Gasteiger charge is 2.09. The molecule has 0 aromatic carbocycles. The molecule has 1 aliphatic heterocycles. The zero-order chi connectivity index (χ0) is 9.80. The van der Waals surface area contributed by atoms with Crippen molar-refractivity contribution in [2.75, 3.05) is 10.7 Å². The van der Waals surface area contributed by atoms with Crippen LogP contribution in [0.4, 0.5) is 0 Å². The van der Waals surface area contributed by atoms with E-state index in [0.29, 0.717) is 20.7 Å². The Hall–Kier alpha value is 0.230. The van der Waals surface area contributed by atoms with Gasteiger partial charge in [-0.05, 0) is 31.1 Å². The second kappa shape index (κ2) is 5.35. The number of aromatic nitrogens is 1. The third kappa shape index (κ3) is 2.86. The first kappa shape index (κ1) is 10.7. The first-order chi connectivity index (χ1) is 6.88. The van der Waals surface area contributed by atoms with Crippen LogP contribution >= 0.6 is 32.5 Å². The third-order valence-corrected chi connectivity index (χ3v) is 6.38. The summed E-state index contributed by atoms with van der Waals surface area (Å²) >= 11 is 2.37. The maximum Gasteiger partial charge on any atom is 0.0246 e. The van der Waals surface area contributed by atoms with Crippen molar-refractivity contribution in [1.29, 1.82) is 0 Å². The van der Waals surface area contributed by atoms with E-state index in [1.165, 1.54) is 24.3 Å². The molecule has 1 unspecified atom stereocenters. The van der Waals surface area contributed by atoms with E-state index in [2.05, 4.69) is 33.3 Å². The van der Waals surface area contributed by atoms with E-state index < -0.39 is 0 Å². The molecule has 0 spiro atoms. The Labute approximate surface area is 100 Å². The van der Waals surface area contributed by atoms with Crippen molar-refractivity contribution in [3.05, 3.63) is 18.5 Å². The van der Waals surface area contributed by atoms with Crippen LogP contribution < -0.4 is 0 Å². The third-order valence-electron chi connectivity index (χ3n) is 2.50. The molecule has 78 valence electrons. The van der Waals surface area contributed by atoms with Crippen LogP contribution in [0.5, 0.6) is 0 Å². The molecule has 0 N–H and O–H groups in total. The van der Waals surface area contributed by atoms with Gasteiger partial charge in [-0.3, -0.25) is 0 Å². The van der Waals surface area contributed by atoms with E-state index in [1.807, 2.05) is 11.8 Å². The summed E-state index contributed by atoms with van der Waals surface area (Å²) in [5.41, 5.74) is 0. The normalized spacial score (nSPS) is 20.2. The Morgan fingerprint density at radius 3 is 3.07 bits per heavy atom. The van der Waals surface area contributed by atoms with Crippen molar-refractivity contribution in [3.8, 4) is 0 Å². The Balaban J connectivity index is 1.71. The minimum absolute atomic E-state index is 0.544. The molecule has 0 amide bonds. The van der Waals surface area contributed by atoms with E-state index in [0.717, 1.165) is 5.92 Å². The number of alkyl halides is 1. The summed E-state index contributed by atoms with van der Waals surface area (Å²) in [4.78, 5) is 1.38. The summed E-state index contributed by atoms with van der Waals surface area (Å²) in [5.74, 6) is 0.985. The average molecular weight is 321 g/mol. The minimum atomic E-state index is 0.544. The van der Waals surface area contributed by atoms with Crippen molar-refractivity contribution in [1.82, 2.24) is 4.57 Å². The standard InChI is InChI=1S/C11H16INS/c1-14-11-4-6-13(9-11)5-2-3-10-7-12-8-10/h4,6-7,9-10H,2-3,5,8H2,1H3. The molecule has 2 rings (SSSR count). The van der Waals surface area contributed by atoms with Gasteiger partial charge in [0, 0.05) is 28.3 Å². The number of hydrogen-bond acceptors (Lipinski definition) is 1. The van der Waals surface area contributed by atoms with Crippen molar-refractivity contribution in [2.24, 2.45) is 5.92 Å². The van der Waals surface area contributed by atoms with Crippen LogP contribution in [0.25, 0.3) is 0 Å². The van der Waals surface area contributed by atoms with Gasteiger partial charge in [-0.15, -0.1) is 32.5 Å². The number of thioether (sulfide) groups is 1. The van der Waals surface area contributed by atoms with Gasteiger partial charge >= 0.3 is 0 Å². The molecule has 1 nitrogen and oxygen atoms in total. The molecule has 2 heterocycles. The van der Waals surface area contributed by atoms with Gasteiger partial charge in [0.1, 0.15) is 0 Å². The first-order valence-corrected chi connectivity index (χ1v) is 8.99. The Kier molecular flexibility index (Phi) is 4.10. The number of halogens is 1. The highest BCUT2D eigenvalue weighted by atomic mass is 127. The zero-order valence-corrected chi connectivity index (χ0v) is 11.4. The van der Waals surface area contributed by atoms with Gasteiger partial charge in [0.05, 0.1) is 0 Å². The van der Waals surface area contributed by atoms with Crippen LogP contribution in [0, 0.1) is 5.92 Å². The van der Waals surface area contributed by atoms with Crippen molar-refractivity contribution >= 4 is 36.5 Å². The van der Waals surface area contributed by atoms with Crippen molar-refractivity contribution in [2.45, 2.75) is 24.3 Å². The lowest BCUT2D eigenvalue weighted by Gasteiger charge is -2.16. The van der Waals surface area contributed by atoms with Crippen molar-refractivity contribution in [3.63, 3.8) is 0 Å². The molecule has 0 radical (unpaired) electrons. The molecule has 0 fully saturated rings. The lowest BCUT2D eigenvalue weighted by atomic mass is 10.1. The topological polar surface area (TPSA) is 4.93 Å². The van der Waals surface area contributed by atoms with Crippen LogP contribution in [0.2, 0.25) is 0 Å². The van der Waals surface area contributed by atoms with Gasteiger partial charge in [0.2, 0.25) is 0 Å². The largest absolute Gasteiger partial charge is 0.353 e. The molecule has 0 bridgehead atoms. The average Bonchev–Trinajstić information content (AvgIpc) is 2.57. The summed E-state index contributed by atoms with van der Waals surface area (Å²) in [7, 11) is 0.